The smallest absolute Gasteiger partial charge is 0.257 e. The van der Waals surface area contributed by atoms with Gasteiger partial charge in [-0.3, -0.25) is 9.69 Å². The average Bonchev–Trinajstić information content (AvgIpc) is 3.04. The quantitative estimate of drug-likeness (QED) is 0.828. The van der Waals surface area contributed by atoms with Crippen LogP contribution in [0.4, 0.5) is 0 Å². The molecular formula is C23H27N3O2. The second-order valence-corrected chi connectivity index (χ2v) is 7.44. The Balaban J connectivity index is 1.47. The van der Waals surface area contributed by atoms with Crippen LogP contribution in [-0.4, -0.2) is 36.0 Å². The zero-order chi connectivity index (χ0) is 19.3. The van der Waals surface area contributed by atoms with E-state index in [1.54, 1.807) is 0 Å². The van der Waals surface area contributed by atoms with Crippen molar-refractivity contribution in [3.8, 4) is 5.75 Å². The van der Waals surface area contributed by atoms with Crippen molar-refractivity contribution in [1.82, 2.24) is 10.2 Å². The predicted molar refractivity (Wildman–Crippen MR) is 111 cm³/mol. The topological polar surface area (TPSA) is 53.9 Å². The first-order chi connectivity index (χ1) is 13.7. The van der Waals surface area contributed by atoms with E-state index in [0.717, 1.165) is 24.3 Å². The molecule has 2 aromatic rings. The maximum Gasteiger partial charge on any atom is 0.257 e. The standard InChI is InChI=1S/C23H27N3O2/c1-2-21(24-22-19-11-4-5-12-20(19)23(27)25-22)28-18-10-8-9-17(15-18)16-26-13-6-3-7-14-26/h4-5,8-12,15,21H,2-3,6-7,13-14,16H2,1H3,(H,24,25,27). The molecule has 1 unspecified atom stereocenters. The number of aliphatic imine (C=N–C) groups is 1. The highest BCUT2D eigenvalue weighted by Gasteiger charge is 2.25. The highest BCUT2D eigenvalue weighted by molar-refractivity contribution is 6.23. The minimum absolute atomic E-state index is 0.104. The van der Waals surface area contributed by atoms with E-state index < -0.39 is 0 Å². The predicted octanol–water partition coefficient (Wildman–Crippen LogP) is 3.98. The molecule has 1 amide bonds. The number of ether oxygens (including phenoxy) is 1. The number of amides is 1. The molecule has 1 atom stereocenters. The fourth-order valence-electron chi connectivity index (χ4n) is 3.83. The molecule has 2 heterocycles. The number of hydrogen-bond donors (Lipinski definition) is 1. The highest BCUT2D eigenvalue weighted by Crippen LogP contribution is 2.21. The minimum Gasteiger partial charge on any atom is -0.469 e. The van der Waals surface area contributed by atoms with Gasteiger partial charge >= 0.3 is 0 Å². The summed E-state index contributed by atoms with van der Waals surface area (Å²) in [6.07, 6.45) is 4.31. The Morgan fingerprint density at radius 2 is 1.86 bits per heavy atom. The van der Waals surface area contributed by atoms with Gasteiger partial charge in [0.05, 0.1) is 5.56 Å². The molecule has 1 N–H and O–H groups in total. The third-order valence-electron chi connectivity index (χ3n) is 5.31. The summed E-state index contributed by atoms with van der Waals surface area (Å²) in [5, 5.41) is 2.86. The normalized spacial score (nSPS) is 19.3. The van der Waals surface area contributed by atoms with Gasteiger partial charge < -0.3 is 10.1 Å². The molecule has 5 nitrogen and oxygen atoms in total. The third kappa shape index (κ3) is 4.25. The van der Waals surface area contributed by atoms with E-state index in [4.69, 9.17) is 4.74 Å². The van der Waals surface area contributed by atoms with Gasteiger partial charge in [-0.2, -0.15) is 0 Å². The van der Waals surface area contributed by atoms with Crippen molar-refractivity contribution >= 4 is 11.7 Å². The van der Waals surface area contributed by atoms with Crippen molar-refractivity contribution in [3.63, 3.8) is 0 Å². The first-order valence-corrected chi connectivity index (χ1v) is 10.2. The highest BCUT2D eigenvalue weighted by atomic mass is 16.5. The van der Waals surface area contributed by atoms with Gasteiger partial charge in [0.2, 0.25) is 0 Å². The molecule has 146 valence electrons. The number of fused-ring (bicyclic) bond motifs is 1. The summed E-state index contributed by atoms with van der Waals surface area (Å²) < 4.78 is 6.15. The minimum atomic E-state index is -0.341. The Bertz CT molecular complexity index is 872. The van der Waals surface area contributed by atoms with Gasteiger partial charge in [-0.05, 0) is 49.7 Å². The fraction of sp³-hybridized carbons (Fsp3) is 0.391. The molecule has 5 heteroatoms. The van der Waals surface area contributed by atoms with Crippen LogP contribution < -0.4 is 10.1 Å². The Kier molecular flexibility index (Phi) is 5.72. The van der Waals surface area contributed by atoms with Crippen molar-refractivity contribution in [2.24, 2.45) is 4.99 Å². The Morgan fingerprint density at radius 3 is 2.64 bits per heavy atom. The van der Waals surface area contributed by atoms with Gasteiger partial charge in [-0.1, -0.05) is 43.7 Å². The van der Waals surface area contributed by atoms with Crippen molar-refractivity contribution < 1.29 is 9.53 Å². The molecule has 2 aliphatic heterocycles. The van der Waals surface area contributed by atoms with Crippen LogP contribution in [-0.2, 0) is 6.54 Å². The second-order valence-electron chi connectivity index (χ2n) is 7.44. The molecule has 0 radical (unpaired) electrons. The summed E-state index contributed by atoms with van der Waals surface area (Å²) in [6.45, 7) is 5.35. The van der Waals surface area contributed by atoms with Crippen LogP contribution in [0.1, 0.15) is 54.1 Å². The largest absolute Gasteiger partial charge is 0.469 e. The number of amidine groups is 1. The number of nitrogens with one attached hydrogen (secondary N) is 1. The summed E-state index contributed by atoms with van der Waals surface area (Å²) in [6, 6.07) is 15.8. The Morgan fingerprint density at radius 1 is 1.07 bits per heavy atom. The lowest BCUT2D eigenvalue weighted by atomic mass is 10.1. The van der Waals surface area contributed by atoms with Crippen LogP contribution in [0.25, 0.3) is 0 Å². The molecule has 1 fully saturated rings. The summed E-state index contributed by atoms with van der Waals surface area (Å²) >= 11 is 0. The summed E-state index contributed by atoms with van der Waals surface area (Å²) in [5.41, 5.74) is 2.77. The van der Waals surface area contributed by atoms with E-state index in [0.29, 0.717) is 11.4 Å². The van der Waals surface area contributed by atoms with Crippen molar-refractivity contribution in [2.75, 3.05) is 13.1 Å². The number of piperidine rings is 1. The van der Waals surface area contributed by atoms with E-state index in [1.807, 2.05) is 43.3 Å². The second kappa shape index (κ2) is 8.57. The third-order valence-corrected chi connectivity index (χ3v) is 5.31. The van der Waals surface area contributed by atoms with Crippen LogP contribution in [0, 0.1) is 0 Å². The van der Waals surface area contributed by atoms with E-state index in [2.05, 4.69) is 27.3 Å². The molecule has 0 aliphatic carbocycles. The molecular weight excluding hydrogens is 350 g/mol. The Labute approximate surface area is 166 Å². The lowest BCUT2D eigenvalue weighted by Crippen LogP contribution is -2.29. The van der Waals surface area contributed by atoms with E-state index >= 15 is 0 Å². The Hall–Kier alpha value is -2.66. The lowest BCUT2D eigenvalue weighted by Gasteiger charge is -2.26. The molecule has 0 spiro atoms. The van der Waals surface area contributed by atoms with E-state index in [1.165, 1.54) is 37.9 Å². The number of likely N-dealkylation sites (tertiary alicyclic amines) is 1. The summed E-state index contributed by atoms with van der Waals surface area (Å²) in [5.74, 6) is 1.31. The molecule has 0 bridgehead atoms. The van der Waals surface area contributed by atoms with Gasteiger partial charge in [0.25, 0.3) is 5.91 Å². The van der Waals surface area contributed by atoms with Crippen LogP contribution in [0.2, 0.25) is 0 Å². The molecule has 1 saturated heterocycles. The number of benzene rings is 2. The number of nitrogens with zero attached hydrogens (tertiary/aromatic N) is 2. The molecule has 2 aliphatic rings. The van der Waals surface area contributed by atoms with Crippen molar-refractivity contribution in [1.29, 1.82) is 0 Å². The maximum atomic E-state index is 12.1. The van der Waals surface area contributed by atoms with Crippen LogP contribution in [0.15, 0.2) is 53.5 Å². The van der Waals surface area contributed by atoms with Gasteiger partial charge in [0.15, 0.2) is 6.23 Å². The SMILES string of the molecule is CCC(/N=C1\NC(=O)c2ccccc21)Oc1cccc(CN2CCCCC2)c1. The zero-order valence-electron chi connectivity index (χ0n) is 16.4. The van der Waals surface area contributed by atoms with Gasteiger partial charge in [-0.15, -0.1) is 0 Å². The first-order valence-electron chi connectivity index (χ1n) is 10.2. The van der Waals surface area contributed by atoms with Gasteiger partial charge in [-0.25, -0.2) is 4.99 Å². The van der Waals surface area contributed by atoms with E-state index in [-0.39, 0.29) is 12.1 Å². The van der Waals surface area contributed by atoms with Crippen LogP contribution in [0.5, 0.6) is 5.75 Å². The van der Waals surface area contributed by atoms with Gasteiger partial charge in [0, 0.05) is 18.5 Å². The first kappa shape index (κ1) is 18.7. The van der Waals surface area contributed by atoms with E-state index in [9.17, 15) is 4.79 Å². The average molecular weight is 377 g/mol. The monoisotopic (exact) mass is 377 g/mol. The van der Waals surface area contributed by atoms with Crippen LogP contribution >= 0.6 is 0 Å². The van der Waals surface area contributed by atoms with Crippen molar-refractivity contribution in [2.45, 2.75) is 45.4 Å². The zero-order valence-corrected chi connectivity index (χ0v) is 16.4. The molecule has 2 aromatic carbocycles. The molecule has 28 heavy (non-hydrogen) atoms. The number of carbonyl (C=O) groups is 1. The number of rotatable bonds is 6. The fourth-order valence-corrected chi connectivity index (χ4v) is 3.83. The summed E-state index contributed by atoms with van der Waals surface area (Å²) in [4.78, 5) is 19.3. The summed E-state index contributed by atoms with van der Waals surface area (Å²) in [7, 11) is 0. The maximum absolute atomic E-state index is 12.1. The molecule has 4 rings (SSSR count). The molecule has 0 aromatic heterocycles. The van der Waals surface area contributed by atoms with Gasteiger partial charge in [0.1, 0.15) is 11.6 Å². The number of carbonyl (C=O) groups excluding carboxylic acids is 1. The van der Waals surface area contributed by atoms with Crippen LogP contribution in [0.3, 0.4) is 0 Å². The molecule has 0 saturated carbocycles. The number of hydrogen-bond acceptors (Lipinski definition) is 4. The lowest BCUT2D eigenvalue weighted by molar-refractivity contribution is 0.0983. The van der Waals surface area contributed by atoms with Crippen molar-refractivity contribution in [3.05, 3.63) is 65.2 Å².